The summed E-state index contributed by atoms with van der Waals surface area (Å²) < 4.78 is 5.34. The minimum absolute atomic E-state index is 0.175. The number of hydrogen-bond acceptors (Lipinski definition) is 7. The van der Waals surface area contributed by atoms with E-state index in [2.05, 4.69) is 15.5 Å². The summed E-state index contributed by atoms with van der Waals surface area (Å²) >= 11 is 1.33. The standard InChI is InChI=1S/C19H13N3O3S/c23-14-6-3-4-12(8-14)10-20-22-19-21-16(11-26-19)15-9-13-5-1-2-7-17(13)25-18(15)24/h1-11,23H,(H,21,22)/b20-10-. The molecule has 7 heteroatoms. The van der Waals surface area contributed by atoms with Crippen LogP contribution >= 0.6 is 11.3 Å². The predicted molar refractivity (Wildman–Crippen MR) is 103 cm³/mol. The highest BCUT2D eigenvalue weighted by Crippen LogP contribution is 2.25. The Balaban J connectivity index is 1.56. The average molecular weight is 363 g/mol. The summed E-state index contributed by atoms with van der Waals surface area (Å²) in [4.78, 5) is 16.6. The van der Waals surface area contributed by atoms with Gasteiger partial charge in [0, 0.05) is 10.8 Å². The van der Waals surface area contributed by atoms with Crippen molar-refractivity contribution in [2.75, 3.05) is 5.43 Å². The lowest BCUT2D eigenvalue weighted by atomic mass is 10.1. The first-order valence-electron chi connectivity index (χ1n) is 7.76. The van der Waals surface area contributed by atoms with Gasteiger partial charge in [-0.1, -0.05) is 30.3 Å². The average Bonchev–Trinajstić information content (AvgIpc) is 3.10. The quantitative estimate of drug-likeness (QED) is 0.324. The van der Waals surface area contributed by atoms with Gasteiger partial charge in [-0.2, -0.15) is 5.10 Å². The van der Waals surface area contributed by atoms with E-state index < -0.39 is 5.63 Å². The first-order chi connectivity index (χ1) is 12.7. The van der Waals surface area contributed by atoms with Crippen LogP contribution < -0.4 is 11.1 Å². The van der Waals surface area contributed by atoms with Crippen molar-refractivity contribution in [3.63, 3.8) is 0 Å². The largest absolute Gasteiger partial charge is 0.508 e. The van der Waals surface area contributed by atoms with Gasteiger partial charge in [0.25, 0.3) is 0 Å². The lowest BCUT2D eigenvalue weighted by Crippen LogP contribution is -2.02. The summed E-state index contributed by atoms with van der Waals surface area (Å²) in [5.41, 5.74) is 4.64. The molecule has 4 aromatic rings. The number of nitrogens with zero attached hydrogens (tertiary/aromatic N) is 2. The molecule has 2 aromatic heterocycles. The molecule has 0 aliphatic rings. The smallest absolute Gasteiger partial charge is 0.345 e. The Bertz CT molecular complexity index is 1160. The van der Waals surface area contributed by atoms with Crippen LogP contribution in [0, 0.1) is 0 Å². The number of benzene rings is 2. The number of hydrazone groups is 1. The van der Waals surface area contributed by atoms with E-state index in [0.29, 0.717) is 22.0 Å². The Labute approximate surface area is 152 Å². The first-order valence-corrected chi connectivity index (χ1v) is 8.64. The van der Waals surface area contributed by atoms with Crippen LogP contribution in [0.2, 0.25) is 0 Å². The van der Waals surface area contributed by atoms with Gasteiger partial charge in [0.2, 0.25) is 5.13 Å². The minimum Gasteiger partial charge on any atom is -0.508 e. The maximum Gasteiger partial charge on any atom is 0.345 e. The van der Waals surface area contributed by atoms with Crippen molar-refractivity contribution in [1.82, 2.24) is 4.98 Å². The van der Waals surface area contributed by atoms with Crippen molar-refractivity contribution in [2.24, 2.45) is 5.10 Å². The molecule has 2 N–H and O–H groups in total. The van der Waals surface area contributed by atoms with Crippen LogP contribution in [0.1, 0.15) is 5.56 Å². The van der Waals surface area contributed by atoms with Crippen molar-refractivity contribution in [3.05, 3.63) is 76.0 Å². The number of para-hydroxylation sites is 1. The van der Waals surface area contributed by atoms with E-state index in [0.717, 1.165) is 10.9 Å². The molecule has 0 radical (unpaired) electrons. The molecule has 0 aliphatic heterocycles. The van der Waals surface area contributed by atoms with Gasteiger partial charge in [0.15, 0.2) is 0 Å². The van der Waals surface area contributed by atoms with Crippen molar-refractivity contribution in [3.8, 4) is 17.0 Å². The molecule has 4 rings (SSSR count). The zero-order valence-electron chi connectivity index (χ0n) is 13.4. The van der Waals surface area contributed by atoms with Gasteiger partial charge in [-0.05, 0) is 29.8 Å². The number of rotatable bonds is 4. The van der Waals surface area contributed by atoms with Crippen LogP contribution in [0.15, 0.2) is 74.3 Å². The molecule has 0 spiro atoms. The number of phenolic OH excluding ortho intramolecular Hbond substituents is 1. The van der Waals surface area contributed by atoms with Crippen LogP contribution in [0.25, 0.3) is 22.2 Å². The minimum atomic E-state index is -0.427. The van der Waals surface area contributed by atoms with E-state index >= 15 is 0 Å². The Morgan fingerprint density at radius 3 is 2.92 bits per heavy atom. The van der Waals surface area contributed by atoms with E-state index in [1.54, 1.807) is 41.9 Å². The Morgan fingerprint density at radius 1 is 1.15 bits per heavy atom. The van der Waals surface area contributed by atoms with E-state index in [1.165, 1.54) is 11.3 Å². The number of fused-ring (bicyclic) bond motifs is 1. The summed E-state index contributed by atoms with van der Waals surface area (Å²) in [6.07, 6.45) is 1.57. The summed E-state index contributed by atoms with van der Waals surface area (Å²) in [6.45, 7) is 0. The third-order valence-electron chi connectivity index (χ3n) is 3.67. The van der Waals surface area contributed by atoms with Gasteiger partial charge in [-0.25, -0.2) is 9.78 Å². The number of thiazole rings is 1. The number of anilines is 1. The van der Waals surface area contributed by atoms with Crippen LogP contribution in [0.5, 0.6) is 5.75 Å². The van der Waals surface area contributed by atoms with Gasteiger partial charge in [0.1, 0.15) is 11.3 Å². The fourth-order valence-electron chi connectivity index (χ4n) is 2.46. The predicted octanol–water partition coefficient (Wildman–Crippen LogP) is 4.07. The molecule has 26 heavy (non-hydrogen) atoms. The molecular formula is C19H13N3O3S. The highest BCUT2D eigenvalue weighted by Gasteiger charge is 2.11. The lowest BCUT2D eigenvalue weighted by molar-refractivity contribution is 0.475. The molecule has 128 valence electrons. The molecule has 0 aliphatic carbocycles. The summed E-state index contributed by atoms with van der Waals surface area (Å²) in [6, 6.07) is 15.9. The molecular weight excluding hydrogens is 350 g/mol. The fraction of sp³-hybridized carbons (Fsp3) is 0. The molecule has 2 aromatic carbocycles. The van der Waals surface area contributed by atoms with Gasteiger partial charge < -0.3 is 9.52 Å². The number of aromatic nitrogens is 1. The van der Waals surface area contributed by atoms with E-state index in [1.807, 2.05) is 24.3 Å². The second kappa shape index (κ2) is 6.81. The van der Waals surface area contributed by atoms with Crippen LogP contribution in [0.4, 0.5) is 5.13 Å². The number of phenols is 1. The van der Waals surface area contributed by atoms with Crippen molar-refractivity contribution in [2.45, 2.75) is 0 Å². The van der Waals surface area contributed by atoms with E-state index in [-0.39, 0.29) is 5.75 Å². The number of nitrogens with one attached hydrogen (secondary N) is 1. The normalized spacial score (nSPS) is 11.2. The van der Waals surface area contributed by atoms with Gasteiger partial charge in [-0.15, -0.1) is 11.3 Å². The SMILES string of the molecule is O=c1oc2ccccc2cc1-c1csc(N/N=C\c2cccc(O)c2)n1. The molecule has 0 saturated heterocycles. The van der Waals surface area contributed by atoms with Crippen molar-refractivity contribution in [1.29, 1.82) is 0 Å². The fourth-order valence-corrected chi connectivity index (χ4v) is 3.12. The molecule has 6 nitrogen and oxygen atoms in total. The van der Waals surface area contributed by atoms with Crippen molar-refractivity contribution < 1.29 is 9.52 Å². The Kier molecular flexibility index (Phi) is 4.20. The lowest BCUT2D eigenvalue weighted by Gasteiger charge is -1.99. The molecule has 2 heterocycles. The van der Waals surface area contributed by atoms with Gasteiger partial charge >= 0.3 is 5.63 Å². The Morgan fingerprint density at radius 2 is 2.04 bits per heavy atom. The zero-order valence-corrected chi connectivity index (χ0v) is 14.2. The topological polar surface area (TPSA) is 87.7 Å². The second-order valence-electron chi connectivity index (χ2n) is 5.49. The van der Waals surface area contributed by atoms with Crippen LogP contribution in [-0.4, -0.2) is 16.3 Å². The highest BCUT2D eigenvalue weighted by molar-refractivity contribution is 7.14. The Hall–Kier alpha value is -3.45. The zero-order chi connectivity index (χ0) is 17.9. The van der Waals surface area contributed by atoms with Gasteiger partial charge in [0.05, 0.1) is 17.5 Å². The van der Waals surface area contributed by atoms with Crippen LogP contribution in [0.3, 0.4) is 0 Å². The van der Waals surface area contributed by atoms with E-state index in [4.69, 9.17) is 4.42 Å². The van der Waals surface area contributed by atoms with Crippen molar-refractivity contribution >= 4 is 33.7 Å². The summed E-state index contributed by atoms with van der Waals surface area (Å²) in [7, 11) is 0. The monoisotopic (exact) mass is 363 g/mol. The highest BCUT2D eigenvalue weighted by atomic mass is 32.1. The number of aromatic hydroxyl groups is 1. The summed E-state index contributed by atoms with van der Waals surface area (Å²) in [5.74, 6) is 0.175. The third-order valence-corrected chi connectivity index (χ3v) is 4.41. The molecule has 0 atom stereocenters. The van der Waals surface area contributed by atoms with Gasteiger partial charge in [-0.3, -0.25) is 5.43 Å². The summed E-state index contributed by atoms with van der Waals surface area (Å²) in [5, 5.41) is 16.7. The molecule has 0 bridgehead atoms. The maximum atomic E-state index is 12.2. The molecule has 0 unspecified atom stereocenters. The number of hydrogen-bond donors (Lipinski definition) is 2. The maximum absolute atomic E-state index is 12.2. The van der Waals surface area contributed by atoms with E-state index in [9.17, 15) is 9.90 Å². The second-order valence-corrected chi connectivity index (χ2v) is 6.35. The first kappa shape index (κ1) is 16.0. The molecule has 0 saturated carbocycles. The third kappa shape index (κ3) is 3.33. The molecule has 0 amide bonds. The van der Waals surface area contributed by atoms with Crippen LogP contribution in [-0.2, 0) is 0 Å². The molecule has 0 fully saturated rings.